The van der Waals surface area contributed by atoms with Gasteiger partial charge in [-0.1, -0.05) is 0 Å². The van der Waals surface area contributed by atoms with E-state index in [-0.39, 0.29) is 12.2 Å². The van der Waals surface area contributed by atoms with Gasteiger partial charge in [-0.2, -0.15) is 0 Å². The highest BCUT2D eigenvalue weighted by Gasteiger charge is 2.30. The average molecular weight is 313 g/mol. The van der Waals surface area contributed by atoms with E-state index in [4.69, 9.17) is 9.47 Å². The van der Waals surface area contributed by atoms with Crippen LogP contribution in [0.25, 0.3) is 0 Å². The van der Waals surface area contributed by atoms with E-state index >= 15 is 0 Å². The summed E-state index contributed by atoms with van der Waals surface area (Å²) < 4.78 is 11.3. The molecule has 0 bridgehead atoms. The van der Waals surface area contributed by atoms with Crippen LogP contribution in [0.4, 0.5) is 4.79 Å². The van der Waals surface area contributed by atoms with Crippen molar-refractivity contribution in [2.24, 2.45) is 0 Å². The summed E-state index contributed by atoms with van der Waals surface area (Å²) in [5, 5.41) is 0. The van der Waals surface area contributed by atoms with Crippen LogP contribution in [0, 0.1) is 0 Å². The lowest BCUT2D eigenvalue weighted by Gasteiger charge is -2.32. The van der Waals surface area contributed by atoms with Gasteiger partial charge in [-0.15, -0.1) is 0 Å². The Morgan fingerprint density at radius 3 is 2.45 bits per heavy atom. The van der Waals surface area contributed by atoms with E-state index < -0.39 is 5.60 Å². The molecular weight excluding hydrogens is 282 g/mol. The molecule has 2 rings (SSSR count). The van der Waals surface area contributed by atoms with Gasteiger partial charge in [-0.25, -0.2) is 4.79 Å². The summed E-state index contributed by atoms with van der Waals surface area (Å²) in [7, 11) is 2.16. The zero-order valence-corrected chi connectivity index (χ0v) is 14.5. The van der Waals surface area contributed by atoms with Crippen molar-refractivity contribution >= 4 is 6.09 Å². The van der Waals surface area contributed by atoms with Crippen LogP contribution < -0.4 is 0 Å². The minimum atomic E-state index is -0.433. The van der Waals surface area contributed by atoms with E-state index in [0.717, 1.165) is 52.3 Å². The van der Waals surface area contributed by atoms with Gasteiger partial charge in [-0.3, -0.25) is 4.90 Å². The first-order valence-electron chi connectivity index (χ1n) is 8.34. The van der Waals surface area contributed by atoms with Crippen molar-refractivity contribution in [1.29, 1.82) is 0 Å². The third-order valence-corrected chi connectivity index (χ3v) is 4.15. The SMILES string of the molecule is CN1CCN(CCO[C@@H]2CCN(C(=O)OC(C)(C)C)C2)CC1. The van der Waals surface area contributed by atoms with Crippen LogP contribution in [0.15, 0.2) is 0 Å². The minimum absolute atomic E-state index is 0.153. The van der Waals surface area contributed by atoms with Gasteiger partial charge in [-0.05, 0) is 34.2 Å². The van der Waals surface area contributed by atoms with Gasteiger partial charge in [0.25, 0.3) is 0 Å². The molecule has 128 valence electrons. The quantitative estimate of drug-likeness (QED) is 0.782. The van der Waals surface area contributed by atoms with Gasteiger partial charge in [0.1, 0.15) is 5.60 Å². The van der Waals surface area contributed by atoms with Crippen molar-refractivity contribution in [1.82, 2.24) is 14.7 Å². The molecule has 0 aliphatic carbocycles. The second-order valence-electron chi connectivity index (χ2n) is 7.35. The van der Waals surface area contributed by atoms with Gasteiger partial charge in [0, 0.05) is 39.3 Å². The average Bonchev–Trinajstić information content (AvgIpc) is 2.88. The highest BCUT2D eigenvalue weighted by molar-refractivity contribution is 5.68. The molecule has 2 aliphatic heterocycles. The molecule has 6 heteroatoms. The number of hydrogen-bond donors (Lipinski definition) is 0. The molecule has 0 saturated carbocycles. The molecular formula is C16H31N3O3. The van der Waals surface area contributed by atoms with Gasteiger partial charge in [0.15, 0.2) is 0 Å². The second kappa shape index (κ2) is 7.62. The van der Waals surface area contributed by atoms with E-state index in [1.54, 1.807) is 4.90 Å². The first kappa shape index (κ1) is 17.5. The Morgan fingerprint density at radius 2 is 1.82 bits per heavy atom. The summed E-state index contributed by atoms with van der Waals surface area (Å²) in [6.45, 7) is 13.3. The highest BCUT2D eigenvalue weighted by Crippen LogP contribution is 2.17. The molecule has 22 heavy (non-hydrogen) atoms. The third kappa shape index (κ3) is 5.74. The zero-order chi connectivity index (χ0) is 16.2. The first-order valence-corrected chi connectivity index (χ1v) is 8.34. The molecule has 2 heterocycles. The monoisotopic (exact) mass is 313 g/mol. The predicted octanol–water partition coefficient (Wildman–Crippen LogP) is 1.26. The molecule has 2 saturated heterocycles. The third-order valence-electron chi connectivity index (χ3n) is 4.15. The van der Waals surface area contributed by atoms with Crippen molar-refractivity contribution in [3.05, 3.63) is 0 Å². The molecule has 0 radical (unpaired) electrons. The number of carbonyl (C=O) groups is 1. The molecule has 2 fully saturated rings. The fourth-order valence-corrected chi connectivity index (χ4v) is 2.78. The second-order valence-corrected chi connectivity index (χ2v) is 7.35. The number of likely N-dealkylation sites (N-methyl/N-ethyl adjacent to an activating group) is 1. The molecule has 0 aromatic rings. The molecule has 2 aliphatic rings. The highest BCUT2D eigenvalue weighted by atomic mass is 16.6. The summed E-state index contributed by atoms with van der Waals surface area (Å²) in [4.78, 5) is 18.5. The molecule has 1 atom stereocenters. The topological polar surface area (TPSA) is 45.2 Å². The molecule has 6 nitrogen and oxygen atoms in total. The van der Waals surface area contributed by atoms with Crippen molar-refractivity contribution in [3.63, 3.8) is 0 Å². The van der Waals surface area contributed by atoms with E-state index in [1.807, 2.05) is 20.8 Å². The van der Waals surface area contributed by atoms with Crippen molar-refractivity contribution in [2.75, 3.05) is 59.5 Å². The molecule has 0 aromatic heterocycles. The van der Waals surface area contributed by atoms with Gasteiger partial charge >= 0.3 is 6.09 Å². The van der Waals surface area contributed by atoms with Crippen LogP contribution in [-0.2, 0) is 9.47 Å². The Bertz CT molecular complexity index is 362. The fourth-order valence-electron chi connectivity index (χ4n) is 2.78. The summed E-state index contributed by atoms with van der Waals surface area (Å²) in [6.07, 6.45) is 0.833. The molecule has 0 spiro atoms. The number of piperazine rings is 1. The standard InChI is InChI=1S/C16H31N3O3/c1-16(2,3)22-15(20)19-6-5-14(13-19)21-12-11-18-9-7-17(4)8-10-18/h14H,5-13H2,1-4H3/t14-/m1/s1. The Kier molecular flexibility index (Phi) is 6.06. The maximum absolute atomic E-state index is 12.0. The number of amides is 1. The van der Waals surface area contributed by atoms with Crippen LogP contribution in [0.5, 0.6) is 0 Å². The lowest BCUT2D eigenvalue weighted by atomic mass is 10.2. The van der Waals surface area contributed by atoms with Crippen LogP contribution in [0.1, 0.15) is 27.2 Å². The Balaban J connectivity index is 1.61. The summed E-state index contributed by atoms with van der Waals surface area (Å²) in [5.74, 6) is 0. The van der Waals surface area contributed by atoms with Crippen LogP contribution >= 0.6 is 0 Å². The smallest absolute Gasteiger partial charge is 0.410 e. The largest absolute Gasteiger partial charge is 0.444 e. The number of likely N-dealkylation sites (tertiary alicyclic amines) is 1. The normalized spacial score (nSPS) is 24.7. The molecule has 0 unspecified atom stereocenters. The van der Waals surface area contributed by atoms with Crippen molar-refractivity contribution < 1.29 is 14.3 Å². The van der Waals surface area contributed by atoms with Crippen LogP contribution in [0.2, 0.25) is 0 Å². The van der Waals surface area contributed by atoms with Crippen molar-refractivity contribution in [3.8, 4) is 0 Å². The number of rotatable bonds is 4. The summed E-state index contributed by atoms with van der Waals surface area (Å²) >= 11 is 0. The lowest BCUT2D eigenvalue weighted by molar-refractivity contribution is 0.0160. The lowest BCUT2D eigenvalue weighted by Crippen LogP contribution is -2.45. The number of ether oxygens (including phenoxy) is 2. The number of nitrogens with zero attached hydrogens (tertiary/aromatic N) is 3. The Labute approximate surface area is 134 Å². The summed E-state index contributed by atoms with van der Waals surface area (Å²) in [6, 6.07) is 0. The van der Waals surface area contributed by atoms with Gasteiger partial charge < -0.3 is 19.3 Å². The van der Waals surface area contributed by atoms with Crippen molar-refractivity contribution in [2.45, 2.75) is 38.9 Å². The molecule has 1 amide bonds. The van der Waals surface area contributed by atoms with Crippen LogP contribution in [-0.4, -0.2) is 92.0 Å². The predicted molar refractivity (Wildman–Crippen MR) is 86.1 cm³/mol. The van der Waals surface area contributed by atoms with E-state index in [2.05, 4.69) is 16.8 Å². The fraction of sp³-hybridized carbons (Fsp3) is 0.938. The maximum atomic E-state index is 12.0. The van der Waals surface area contributed by atoms with Crippen LogP contribution in [0.3, 0.4) is 0 Å². The minimum Gasteiger partial charge on any atom is -0.444 e. The molecule has 0 N–H and O–H groups in total. The summed E-state index contributed by atoms with van der Waals surface area (Å²) in [5.41, 5.74) is -0.433. The molecule has 0 aromatic carbocycles. The Hall–Kier alpha value is -0.850. The van der Waals surface area contributed by atoms with Gasteiger partial charge in [0.2, 0.25) is 0 Å². The van der Waals surface area contributed by atoms with Gasteiger partial charge in [0.05, 0.1) is 19.3 Å². The number of carbonyl (C=O) groups excluding carboxylic acids is 1. The maximum Gasteiger partial charge on any atom is 0.410 e. The number of hydrogen-bond acceptors (Lipinski definition) is 5. The van der Waals surface area contributed by atoms with E-state index in [1.165, 1.54) is 0 Å². The Morgan fingerprint density at radius 1 is 1.14 bits per heavy atom. The first-order chi connectivity index (χ1) is 10.3. The van der Waals surface area contributed by atoms with E-state index in [9.17, 15) is 4.79 Å². The van der Waals surface area contributed by atoms with E-state index in [0.29, 0.717) is 6.54 Å². The zero-order valence-electron chi connectivity index (χ0n) is 14.5.